The predicted octanol–water partition coefficient (Wildman–Crippen LogP) is 4.78. The van der Waals surface area contributed by atoms with Crippen molar-refractivity contribution in [2.45, 2.75) is 42.9 Å². The minimum atomic E-state index is -3.56. The number of hydrogen-bond donors (Lipinski definition) is 0. The van der Waals surface area contributed by atoms with Crippen LogP contribution in [0.3, 0.4) is 0 Å². The quantitative estimate of drug-likeness (QED) is 0.519. The predicted molar refractivity (Wildman–Crippen MR) is 122 cm³/mol. The molecule has 4 rings (SSSR count). The zero-order valence-corrected chi connectivity index (χ0v) is 19.2. The Labute approximate surface area is 185 Å². The van der Waals surface area contributed by atoms with Crippen LogP contribution in [-0.4, -0.2) is 36.9 Å². The lowest BCUT2D eigenvalue weighted by Crippen LogP contribution is -2.34. The Morgan fingerprint density at radius 3 is 2.30 bits per heavy atom. The Hall–Kier alpha value is -2.12. The molecule has 2 heterocycles. The number of halogens is 1. The fourth-order valence-corrected chi connectivity index (χ4v) is 5.88. The van der Waals surface area contributed by atoms with Gasteiger partial charge in [-0.25, -0.2) is 8.42 Å². The zero-order valence-electron chi connectivity index (χ0n) is 16.8. The highest BCUT2D eigenvalue weighted by Gasteiger charge is 2.23. The van der Waals surface area contributed by atoms with Gasteiger partial charge in [-0.2, -0.15) is 0 Å². The highest BCUT2D eigenvalue weighted by molar-refractivity contribution is 9.10. The minimum Gasteiger partial charge on any atom is -0.341 e. The largest absolute Gasteiger partial charge is 0.341 e. The molecule has 1 aliphatic heterocycles. The fraction of sp³-hybridized carbons (Fsp3) is 0.348. The second-order valence-corrected chi connectivity index (χ2v) is 10.7. The van der Waals surface area contributed by atoms with Crippen LogP contribution in [-0.2, 0) is 26.9 Å². The Bertz CT molecular complexity index is 1140. The molecule has 0 bridgehead atoms. The van der Waals surface area contributed by atoms with Gasteiger partial charge >= 0.3 is 0 Å². The van der Waals surface area contributed by atoms with Gasteiger partial charge in [0, 0.05) is 34.7 Å². The van der Waals surface area contributed by atoms with E-state index in [0.717, 1.165) is 54.3 Å². The van der Waals surface area contributed by atoms with E-state index < -0.39 is 9.84 Å². The van der Waals surface area contributed by atoms with E-state index in [2.05, 4.69) is 15.9 Å². The van der Waals surface area contributed by atoms with E-state index in [1.807, 2.05) is 53.4 Å². The number of sulfone groups is 1. The number of rotatable bonds is 5. The summed E-state index contributed by atoms with van der Waals surface area (Å²) in [5.41, 5.74) is 1.51. The highest BCUT2D eigenvalue weighted by atomic mass is 79.9. The van der Waals surface area contributed by atoms with E-state index in [-0.39, 0.29) is 23.1 Å². The maximum absolute atomic E-state index is 13.2. The molecule has 0 unspecified atom stereocenters. The van der Waals surface area contributed by atoms with Gasteiger partial charge in [0.25, 0.3) is 0 Å². The molecule has 5 nitrogen and oxygen atoms in total. The molecule has 1 aliphatic rings. The van der Waals surface area contributed by atoms with Gasteiger partial charge in [0.15, 0.2) is 9.84 Å². The smallest absolute Gasteiger partial charge is 0.242 e. The molecule has 1 fully saturated rings. The number of nitrogens with zero attached hydrogens (tertiary/aromatic N) is 2. The maximum atomic E-state index is 13.2. The molecule has 1 amide bonds. The molecular formula is C23H25BrN2O3S. The number of carbonyl (C=O) groups is 1. The molecule has 0 spiro atoms. The van der Waals surface area contributed by atoms with Crippen molar-refractivity contribution in [3.05, 3.63) is 64.8 Å². The van der Waals surface area contributed by atoms with E-state index in [0.29, 0.717) is 5.39 Å². The molecule has 1 aromatic heterocycles. The zero-order chi connectivity index (χ0) is 21.1. The first-order chi connectivity index (χ1) is 14.4. The van der Waals surface area contributed by atoms with Gasteiger partial charge in [-0.1, -0.05) is 59.1 Å². The summed E-state index contributed by atoms with van der Waals surface area (Å²) in [7, 11) is -3.56. The number of carbonyl (C=O) groups excluding carboxylic acids is 1. The standard InChI is InChI=1S/C23H25BrN2O3S/c24-19-11-9-18(10-12-19)17-30(28,29)22-15-26(21-8-4-3-7-20(21)22)16-23(27)25-13-5-1-2-6-14-25/h3-4,7-12,15H,1-2,5-6,13-14,16-17H2. The summed E-state index contributed by atoms with van der Waals surface area (Å²) in [5.74, 6) is -0.0246. The summed E-state index contributed by atoms with van der Waals surface area (Å²) in [4.78, 5) is 15.1. The van der Waals surface area contributed by atoms with Crippen LogP contribution in [0.15, 0.2) is 64.1 Å². The second-order valence-electron chi connectivity index (χ2n) is 7.82. The summed E-state index contributed by atoms with van der Waals surface area (Å²) in [6, 6.07) is 14.7. The number of hydrogen-bond acceptors (Lipinski definition) is 3. The van der Waals surface area contributed by atoms with Crippen molar-refractivity contribution in [3.8, 4) is 0 Å². The summed E-state index contributed by atoms with van der Waals surface area (Å²) >= 11 is 3.38. The molecule has 158 valence electrons. The molecule has 7 heteroatoms. The third-order valence-corrected chi connectivity index (χ3v) is 7.86. The van der Waals surface area contributed by atoms with Gasteiger partial charge in [0.05, 0.1) is 10.6 Å². The maximum Gasteiger partial charge on any atom is 0.242 e. The van der Waals surface area contributed by atoms with Gasteiger partial charge < -0.3 is 9.47 Å². The van der Waals surface area contributed by atoms with Crippen molar-refractivity contribution < 1.29 is 13.2 Å². The van der Waals surface area contributed by atoms with Crippen molar-refractivity contribution in [2.24, 2.45) is 0 Å². The first-order valence-electron chi connectivity index (χ1n) is 10.3. The first-order valence-corrected chi connectivity index (χ1v) is 12.7. The Morgan fingerprint density at radius 1 is 0.933 bits per heavy atom. The first kappa shape index (κ1) is 21.1. The Kier molecular flexibility index (Phi) is 6.29. The van der Waals surface area contributed by atoms with Crippen LogP contribution in [0.1, 0.15) is 31.2 Å². The highest BCUT2D eigenvalue weighted by Crippen LogP contribution is 2.28. The van der Waals surface area contributed by atoms with Crippen LogP contribution in [0, 0.1) is 0 Å². The Morgan fingerprint density at radius 2 is 1.60 bits per heavy atom. The van der Waals surface area contributed by atoms with E-state index in [1.54, 1.807) is 10.8 Å². The number of aromatic nitrogens is 1. The average molecular weight is 489 g/mol. The van der Waals surface area contributed by atoms with Crippen LogP contribution in [0.2, 0.25) is 0 Å². The normalized spacial score (nSPS) is 15.3. The molecule has 2 aromatic carbocycles. The summed E-state index contributed by atoms with van der Waals surface area (Å²) in [6.07, 6.45) is 6.02. The molecule has 0 atom stereocenters. The van der Waals surface area contributed by atoms with E-state index in [9.17, 15) is 13.2 Å². The van der Waals surface area contributed by atoms with Crippen molar-refractivity contribution in [1.29, 1.82) is 0 Å². The number of benzene rings is 2. The van der Waals surface area contributed by atoms with E-state index in [4.69, 9.17) is 0 Å². The lowest BCUT2D eigenvalue weighted by atomic mass is 10.2. The summed E-state index contributed by atoms with van der Waals surface area (Å²) in [5, 5.41) is 0.665. The van der Waals surface area contributed by atoms with Gasteiger partial charge in [-0.15, -0.1) is 0 Å². The molecular weight excluding hydrogens is 464 g/mol. The Balaban J connectivity index is 1.64. The van der Waals surface area contributed by atoms with Crippen molar-refractivity contribution >= 4 is 42.6 Å². The van der Waals surface area contributed by atoms with Gasteiger partial charge in [-0.3, -0.25) is 4.79 Å². The third kappa shape index (κ3) is 4.62. The fourth-order valence-electron chi connectivity index (χ4n) is 4.04. The monoisotopic (exact) mass is 488 g/mol. The number of fused-ring (bicyclic) bond motifs is 1. The topological polar surface area (TPSA) is 59.4 Å². The van der Waals surface area contributed by atoms with Gasteiger partial charge in [0.2, 0.25) is 5.91 Å². The lowest BCUT2D eigenvalue weighted by molar-refractivity contribution is -0.131. The van der Waals surface area contributed by atoms with Crippen LogP contribution in [0.4, 0.5) is 0 Å². The van der Waals surface area contributed by atoms with Crippen molar-refractivity contribution in [2.75, 3.05) is 13.1 Å². The molecule has 0 saturated carbocycles. The van der Waals surface area contributed by atoms with Gasteiger partial charge in [-0.05, 0) is 36.6 Å². The number of amides is 1. The summed E-state index contributed by atoms with van der Waals surface area (Å²) < 4.78 is 29.2. The molecule has 3 aromatic rings. The van der Waals surface area contributed by atoms with Crippen LogP contribution >= 0.6 is 15.9 Å². The number of para-hydroxylation sites is 1. The van der Waals surface area contributed by atoms with E-state index in [1.165, 1.54) is 0 Å². The third-order valence-electron chi connectivity index (χ3n) is 5.62. The SMILES string of the molecule is O=C(Cn1cc(S(=O)(=O)Cc2ccc(Br)cc2)c2ccccc21)N1CCCCCC1. The van der Waals surface area contributed by atoms with Crippen LogP contribution in [0.25, 0.3) is 10.9 Å². The molecule has 1 saturated heterocycles. The molecule has 30 heavy (non-hydrogen) atoms. The number of likely N-dealkylation sites (tertiary alicyclic amines) is 1. The summed E-state index contributed by atoms with van der Waals surface area (Å²) in [6.45, 7) is 1.73. The molecule has 0 N–H and O–H groups in total. The molecule has 0 radical (unpaired) electrons. The van der Waals surface area contributed by atoms with Crippen molar-refractivity contribution in [3.63, 3.8) is 0 Å². The lowest BCUT2D eigenvalue weighted by Gasteiger charge is -2.20. The average Bonchev–Trinajstić information content (AvgIpc) is 2.90. The van der Waals surface area contributed by atoms with E-state index >= 15 is 0 Å². The van der Waals surface area contributed by atoms with Crippen LogP contribution < -0.4 is 0 Å². The van der Waals surface area contributed by atoms with Crippen molar-refractivity contribution in [1.82, 2.24) is 9.47 Å². The van der Waals surface area contributed by atoms with Crippen LogP contribution in [0.5, 0.6) is 0 Å². The van der Waals surface area contributed by atoms with Gasteiger partial charge in [0.1, 0.15) is 6.54 Å². The second kappa shape index (κ2) is 8.94. The minimum absolute atomic E-state index is 0.0505. The molecule has 0 aliphatic carbocycles.